The monoisotopic (exact) mass is 349 g/mol. The zero-order chi connectivity index (χ0) is 18.3. The molecule has 3 heterocycles. The molecule has 1 saturated heterocycles. The summed E-state index contributed by atoms with van der Waals surface area (Å²) < 4.78 is 4.03. The number of benzene rings is 1. The van der Waals surface area contributed by atoms with Gasteiger partial charge in [0.2, 0.25) is 0 Å². The second kappa shape index (κ2) is 6.44. The molecule has 3 aromatic rings. The first-order valence-electron chi connectivity index (χ1n) is 8.91. The molecule has 2 aromatic heterocycles. The van der Waals surface area contributed by atoms with Gasteiger partial charge in [-0.15, -0.1) is 0 Å². The normalized spacial score (nSPS) is 17.0. The van der Waals surface area contributed by atoms with E-state index >= 15 is 0 Å². The van der Waals surface area contributed by atoms with Gasteiger partial charge >= 0.3 is 0 Å². The average molecular weight is 349 g/mol. The van der Waals surface area contributed by atoms with E-state index in [4.69, 9.17) is 0 Å². The molecule has 1 aromatic carbocycles. The molecule has 134 valence electrons. The minimum absolute atomic E-state index is 0.0885. The van der Waals surface area contributed by atoms with Crippen LogP contribution >= 0.6 is 0 Å². The number of aryl methyl sites for hydroxylation is 3. The first-order chi connectivity index (χ1) is 12.5. The Labute approximate surface area is 153 Å². The maximum atomic E-state index is 12.9. The largest absolute Gasteiger partial charge is 0.336 e. The van der Waals surface area contributed by atoms with E-state index in [0.29, 0.717) is 6.54 Å². The number of hydrogen-bond donors (Lipinski definition) is 0. The molecule has 0 aliphatic carbocycles. The highest BCUT2D eigenvalue weighted by Gasteiger charge is 2.29. The van der Waals surface area contributed by atoms with Crippen LogP contribution < -0.4 is 0 Å². The van der Waals surface area contributed by atoms with Gasteiger partial charge in [0.25, 0.3) is 5.91 Å². The van der Waals surface area contributed by atoms with Crippen molar-refractivity contribution < 1.29 is 4.79 Å². The van der Waals surface area contributed by atoms with Crippen molar-refractivity contribution in [3.8, 4) is 11.3 Å². The predicted octanol–water partition coefficient (Wildman–Crippen LogP) is 2.99. The number of likely N-dealkylation sites (tertiary alicyclic amines) is 1. The summed E-state index contributed by atoms with van der Waals surface area (Å²) in [4.78, 5) is 18.9. The van der Waals surface area contributed by atoms with Gasteiger partial charge in [-0.2, -0.15) is 5.10 Å². The highest BCUT2D eigenvalue weighted by molar-refractivity contribution is 5.94. The second-order valence-electron chi connectivity index (χ2n) is 7.03. The van der Waals surface area contributed by atoms with Crippen molar-refractivity contribution in [1.29, 1.82) is 0 Å². The molecule has 0 unspecified atom stereocenters. The zero-order valence-electron chi connectivity index (χ0n) is 15.4. The van der Waals surface area contributed by atoms with Gasteiger partial charge in [0, 0.05) is 31.4 Å². The summed E-state index contributed by atoms with van der Waals surface area (Å²) in [6.07, 6.45) is 4.55. The van der Waals surface area contributed by atoms with Crippen LogP contribution in [0, 0.1) is 13.8 Å². The Bertz CT molecular complexity index is 938. The van der Waals surface area contributed by atoms with Crippen molar-refractivity contribution in [2.45, 2.75) is 26.3 Å². The van der Waals surface area contributed by atoms with Crippen LogP contribution in [0.15, 0.2) is 42.9 Å². The fraction of sp³-hybridized carbons (Fsp3) is 0.350. The van der Waals surface area contributed by atoms with Crippen molar-refractivity contribution in [3.05, 3.63) is 59.8 Å². The molecule has 6 heteroatoms. The first kappa shape index (κ1) is 16.6. The molecule has 0 bridgehead atoms. The van der Waals surface area contributed by atoms with Gasteiger partial charge in [-0.05, 0) is 44.0 Å². The van der Waals surface area contributed by atoms with Gasteiger partial charge in [0.05, 0.1) is 30.0 Å². The fourth-order valence-corrected chi connectivity index (χ4v) is 3.74. The third-order valence-electron chi connectivity index (χ3n) is 5.09. The van der Waals surface area contributed by atoms with Crippen molar-refractivity contribution in [2.24, 2.45) is 7.05 Å². The molecule has 0 radical (unpaired) electrons. The van der Waals surface area contributed by atoms with Gasteiger partial charge in [0.15, 0.2) is 0 Å². The average Bonchev–Trinajstić information content (AvgIpc) is 3.34. The summed E-state index contributed by atoms with van der Waals surface area (Å²) in [6, 6.07) is 10.1. The van der Waals surface area contributed by atoms with Gasteiger partial charge < -0.3 is 9.47 Å². The van der Waals surface area contributed by atoms with Crippen LogP contribution in [0.25, 0.3) is 11.3 Å². The van der Waals surface area contributed by atoms with E-state index in [-0.39, 0.29) is 11.9 Å². The van der Waals surface area contributed by atoms with Crippen molar-refractivity contribution >= 4 is 5.91 Å². The lowest BCUT2D eigenvalue weighted by atomic mass is 10.1. The lowest BCUT2D eigenvalue weighted by Crippen LogP contribution is -2.29. The molecule has 0 saturated carbocycles. The van der Waals surface area contributed by atoms with Gasteiger partial charge in [-0.25, -0.2) is 4.98 Å². The van der Waals surface area contributed by atoms with Crippen LogP contribution in [0.3, 0.4) is 0 Å². The molecule has 1 aliphatic heterocycles. The molecule has 0 spiro atoms. The van der Waals surface area contributed by atoms with Crippen LogP contribution in [-0.4, -0.2) is 43.2 Å². The Kier molecular flexibility index (Phi) is 4.11. The van der Waals surface area contributed by atoms with E-state index in [1.54, 1.807) is 6.33 Å². The molecular formula is C20H23N5O. The second-order valence-corrected chi connectivity index (χ2v) is 7.03. The summed E-state index contributed by atoms with van der Waals surface area (Å²) >= 11 is 0. The Morgan fingerprint density at radius 3 is 2.58 bits per heavy atom. The SMILES string of the molecule is Cc1cc(C)n([C@@H]2CCN(C(=O)c3ccc(-c4cncn4C)cc3)C2)n1. The minimum atomic E-state index is 0.0885. The summed E-state index contributed by atoms with van der Waals surface area (Å²) in [5, 5.41) is 4.58. The zero-order valence-corrected chi connectivity index (χ0v) is 15.4. The summed E-state index contributed by atoms with van der Waals surface area (Å²) in [5.74, 6) is 0.0885. The molecule has 0 N–H and O–H groups in total. The molecule has 26 heavy (non-hydrogen) atoms. The first-order valence-corrected chi connectivity index (χ1v) is 8.91. The van der Waals surface area contributed by atoms with Crippen molar-refractivity contribution in [1.82, 2.24) is 24.2 Å². The van der Waals surface area contributed by atoms with E-state index < -0.39 is 0 Å². The quantitative estimate of drug-likeness (QED) is 0.730. The van der Waals surface area contributed by atoms with E-state index in [2.05, 4.69) is 27.8 Å². The fourth-order valence-electron chi connectivity index (χ4n) is 3.74. The molecular weight excluding hydrogens is 326 g/mol. The topological polar surface area (TPSA) is 56.0 Å². The van der Waals surface area contributed by atoms with E-state index in [1.165, 1.54) is 0 Å². The number of hydrogen-bond acceptors (Lipinski definition) is 3. The minimum Gasteiger partial charge on any atom is -0.336 e. The van der Waals surface area contributed by atoms with Crippen LogP contribution in [0.1, 0.15) is 34.2 Å². The molecule has 4 rings (SSSR count). The third kappa shape index (κ3) is 2.92. The Balaban J connectivity index is 1.48. The Hall–Kier alpha value is -2.89. The number of imidazole rings is 1. The van der Waals surface area contributed by atoms with Crippen LogP contribution in [0.2, 0.25) is 0 Å². The molecule has 1 atom stereocenters. The van der Waals surface area contributed by atoms with Crippen molar-refractivity contribution in [2.75, 3.05) is 13.1 Å². The van der Waals surface area contributed by atoms with Gasteiger partial charge in [-0.1, -0.05) is 12.1 Å². The Morgan fingerprint density at radius 1 is 1.19 bits per heavy atom. The molecule has 6 nitrogen and oxygen atoms in total. The lowest BCUT2D eigenvalue weighted by molar-refractivity contribution is 0.0787. The number of carbonyl (C=O) groups excluding carboxylic acids is 1. The molecule has 1 aliphatic rings. The third-order valence-corrected chi connectivity index (χ3v) is 5.09. The van der Waals surface area contributed by atoms with E-state index in [0.717, 1.165) is 41.2 Å². The number of carbonyl (C=O) groups is 1. The predicted molar refractivity (Wildman–Crippen MR) is 99.9 cm³/mol. The summed E-state index contributed by atoms with van der Waals surface area (Å²) in [7, 11) is 1.96. The Morgan fingerprint density at radius 2 is 1.96 bits per heavy atom. The van der Waals surface area contributed by atoms with Gasteiger partial charge in [-0.3, -0.25) is 9.48 Å². The number of amides is 1. The summed E-state index contributed by atoms with van der Waals surface area (Å²) in [6.45, 7) is 5.56. The number of aromatic nitrogens is 4. The maximum absolute atomic E-state index is 12.9. The van der Waals surface area contributed by atoms with Crippen LogP contribution in [-0.2, 0) is 7.05 Å². The van der Waals surface area contributed by atoms with E-state index in [1.807, 2.05) is 53.9 Å². The number of nitrogens with zero attached hydrogens (tertiary/aromatic N) is 5. The maximum Gasteiger partial charge on any atom is 0.253 e. The highest BCUT2D eigenvalue weighted by Crippen LogP contribution is 2.25. The molecule has 1 fully saturated rings. The van der Waals surface area contributed by atoms with Crippen molar-refractivity contribution in [3.63, 3.8) is 0 Å². The van der Waals surface area contributed by atoms with Crippen LogP contribution in [0.4, 0.5) is 0 Å². The smallest absolute Gasteiger partial charge is 0.253 e. The molecule has 1 amide bonds. The lowest BCUT2D eigenvalue weighted by Gasteiger charge is -2.17. The highest BCUT2D eigenvalue weighted by atomic mass is 16.2. The van der Waals surface area contributed by atoms with E-state index in [9.17, 15) is 4.79 Å². The standard InChI is InChI=1S/C20H23N5O/c1-14-10-15(2)25(22-14)18-8-9-24(12-18)20(26)17-6-4-16(5-7-17)19-11-21-13-23(19)3/h4-7,10-11,13,18H,8-9,12H2,1-3H3/t18-/m1/s1. The van der Waals surface area contributed by atoms with Crippen LogP contribution in [0.5, 0.6) is 0 Å². The van der Waals surface area contributed by atoms with Gasteiger partial charge in [0.1, 0.15) is 0 Å². The summed E-state index contributed by atoms with van der Waals surface area (Å²) in [5.41, 5.74) is 5.00. The number of rotatable bonds is 3.